The van der Waals surface area contributed by atoms with Crippen LogP contribution >= 0.6 is 0 Å². The Balaban J connectivity index is 1.36. The second kappa shape index (κ2) is 16.6. The molecule has 2 fully saturated rings. The SMILES string of the molecule is CC(C)(CCCN(CCO)C(=O)[O-])CN(C[C@@H](O)[C@H](Cc1ccccc1)NC(=O)O[C@H]1CO[C@H]2OCC[C@H]21)S(=O)(=O)c1ccc2c(c1)OCO2. The van der Waals surface area contributed by atoms with Gasteiger partial charge in [-0.25, -0.2) is 13.2 Å². The van der Waals surface area contributed by atoms with Crippen molar-refractivity contribution in [1.29, 1.82) is 0 Å². The first-order chi connectivity index (χ1) is 23.9. The number of nitrogens with zero attached hydrogens (tertiary/aromatic N) is 2. The minimum Gasteiger partial charge on any atom is -0.530 e. The van der Waals surface area contributed by atoms with Crippen molar-refractivity contribution in [3.8, 4) is 11.5 Å². The predicted octanol–water partition coefficient (Wildman–Crippen LogP) is 1.31. The lowest BCUT2D eigenvalue weighted by atomic mass is 9.87. The van der Waals surface area contributed by atoms with Crippen molar-refractivity contribution in [3.63, 3.8) is 0 Å². The molecule has 15 nitrogen and oxygen atoms in total. The highest BCUT2D eigenvalue weighted by Gasteiger charge is 2.44. The summed E-state index contributed by atoms with van der Waals surface area (Å²) < 4.78 is 57.4. The van der Waals surface area contributed by atoms with Crippen LogP contribution in [0.3, 0.4) is 0 Å². The molecule has 2 amide bonds. The van der Waals surface area contributed by atoms with E-state index in [1.807, 2.05) is 44.2 Å². The molecule has 0 radical (unpaired) electrons. The van der Waals surface area contributed by atoms with Gasteiger partial charge in [-0.3, -0.25) is 0 Å². The topological polar surface area (TPSA) is 196 Å². The van der Waals surface area contributed by atoms with Crippen LogP contribution in [0.1, 0.15) is 38.7 Å². The van der Waals surface area contributed by atoms with Gasteiger partial charge < -0.3 is 54.0 Å². The monoisotopic (exact) mass is 720 g/mol. The molecule has 5 rings (SSSR count). The maximum atomic E-state index is 14.3. The number of sulfonamides is 1. The van der Waals surface area contributed by atoms with Gasteiger partial charge in [0.2, 0.25) is 16.8 Å². The van der Waals surface area contributed by atoms with E-state index in [4.69, 9.17) is 23.7 Å². The first-order valence-electron chi connectivity index (χ1n) is 16.8. The number of benzene rings is 2. The molecule has 2 aromatic carbocycles. The summed E-state index contributed by atoms with van der Waals surface area (Å²) >= 11 is 0. The van der Waals surface area contributed by atoms with Crippen LogP contribution in [-0.2, 0) is 30.7 Å². The Kier molecular flexibility index (Phi) is 12.5. The number of carbonyl (C=O) groups is 2. The van der Waals surface area contributed by atoms with Gasteiger partial charge >= 0.3 is 6.09 Å². The van der Waals surface area contributed by atoms with Gasteiger partial charge in [0, 0.05) is 32.2 Å². The van der Waals surface area contributed by atoms with E-state index >= 15 is 0 Å². The predicted molar refractivity (Wildman–Crippen MR) is 176 cm³/mol. The summed E-state index contributed by atoms with van der Waals surface area (Å²) in [4.78, 5) is 25.6. The van der Waals surface area contributed by atoms with E-state index in [0.29, 0.717) is 31.6 Å². The summed E-state index contributed by atoms with van der Waals surface area (Å²) in [5.74, 6) is 0.588. The van der Waals surface area contributed by atoms with Crippen LogP contribution in [0.15, 0.2) is 53.4 Å². The normalized spacial score (nSPS) is 21.1. The molecule has 2 aromatic rings. The third-order valence-electron chi connectivity index (χ3n) is 9.20. The van der Waals surface area contributed by atoms with Crippen LogP contribution in [-0.4, -0.2) is 117 Å². The van der Waals surface area contributed by atoms with Gasteiger partial charge in [-0.2, -0.15) is 4.31 Å². The summed E-state index contributed by atoms with van der Waals surface area (Å²) in [6, 6.07) is 12.5. The fourth-order valence-corrected chi connectivity index (χ4v) is 8.17. The molecule has 0 unspecified atom stereocenters. The second-order valence-corrected chi connectivity index (χ2v) is 15.5. The van der Waals surface area contributed by atoms with Crippen molar-refractivity contribution in [2.75, 3.05) is 52.8 Å². The summed E-state index contributed by atoms with van der Waals surface area (Å²) in [6.07, 6.45) is -2.87. The van der Waals surface area contributed by atoms with Gasteiger partial charge in [-0.1, -0.05) is 44.2 Å². The summed E-state index contributed by atoms with van der Waals surface area (Å²) in [7, 11) is -4.26. The van der Waals surface area contributed by atoms with Gasteiger partial charge in [-0.15, -0.1) is 0 Å². The Morgan fingerprint density at radius 1 is 1.10 bits per heavy atom. The maximum Gasteiger partial charge on any atom is 0.407 e. The lowest BCUT2D eigenvalue weighted by Crippen LogP contribution is -2.52. The molecule has 0 spiro atoms. The number of nitrogens with one attached hydrogen (secondary N) is 1. The van der Waals surface area contributed by atoms with Crippen LogP contribution < -0.4 is 19.9 Å². The number of alkyl carbamates (subject to hydrolysis) is 1. The van der Waals surface area contributed by atoms with E-state index < -0.39 is 58.7 Å². The van der Waals surface area contributed by atoms with Gasteiger partial charge in [0.1, 0.15) is 12.2 Å². The molecule has 50 heavy (non-hydrogen) atoms. The van der Waals surface area contributed by atoms with E-state index in [1.165, 1.54) is 22.5 Å². The van der Waals surface area contributed by atoms with Crippen molar-refractivity contribution in [1.82, 2.24) is 14.5 Å². The molecular weight excluding hydrogens is 674 g/mol. The van der Waals surface area contributed by atoms with Crippen molar-refractivity contribution in [2.45, 2.75) is 69.0 Å². The fourth-order valence-electron chi connectivity index (χ4n) is 6.51. The average Bonchev–Trinajstić information content (AvgIpc) is 3.83. The molecule has 5 atom stereocenters. The second-order valence-electron chi connectivity index (χ2n) is 13.5. The molecule has 276 valence electrons. The molecule has 3 aliphatic heterocycles. The van der Waals surface area contributed by atoms with Gasteiger partial charge in [0.25, 0.3) is 0 Å². The van der Waals surface area contributed by atoms with Crippen LogP contribution in [0.5, 0.6) is 11.5 Å². The Morgan fingerprint density at radius 2 is 1.86 bits per heavy atom. The van der Waals surface area contributed by atoms with E-state index in [0.717, 1.165) is 10.5 Å². The summed E-state index contributed by atoms with van der Waals surface area (Å²) in [6.45, 7) is 3.53. The zero-order valence-electron chi connectivity index (χ0n) is 28.3. The highest BCUT2D eigenvalue weighted by molar-refractivity contribution is 7.89. The van der Waals surface area contributed by atoms with Crippen molar-refractivity contribution in [3.05, 3.63) is 54.1 Å². The zero-order chi connectivity index (χ0) is 35.9. The molecule has 0 saturated carbocycles. The molecule has 0 aromatic heterocycles. The molecule has 3 aliphatic rings. The van der Waals surface area contributed by atoms with Gasteiger partial charge in [-0.05, 0) is 48.8 Å². The first kappa shape index (κ1) is 37.6. The minimum atomic E-state index is -4.26. The van der Waals surface area contributed by atoms with Crippen LogP contribution in [0, 0.1) is 11.3 Å². The summed E-state index contributed by atoms with van der Waals surface area (Å²) in [5, 5.41) is 35.2. The Labute approximate surface area is 292 Å². The lowest BCUT2D eigenvalue weighted by molar-refractivity contribution is -0.266. The van der Waals surface area contributed by atoms with Crippen LogP contribution in [0.4, 0.5) is 9.59 Å². The van der Waals surface area contributed by atoms with E-state index in [-0.39, 0.29) is 62.6 Å². The highest BCUT2D eigenvalue weighted by atomic mass is 32.2. The number of rotatable bonds is 17. The zero-order valence-corrected chi connectivity index (χ0v) is 29.1. The quantitative estimate of drug-likeness (QED) is 0.212. The third kappa shape index (κ3) is 9.56. The van der Waals surface area contributed by atoms with Crippen molar-refractivity contribution < 1.29 is 57.0 Å². The minimum absolute atomic E-state index is 0.0438. The fraction of sp³-hybridized carbons (Fsp3) is 0.588. The Hall–Kier alpha value is -3.67. The number of fused-ring (bicyclic) bond motifs is 2. The molecule has 0 bridgehead atoms. The lowest BCUT2D eigenvalue weighted by Gasteiger charge is -2.35. The van der Waals surface area contributed by atoms with Crippen molar-refractivity contribution in [2.24, 2.45) is 11.3 Å². The number of amides is 2. The molecule has 16 heteroatoms. The van der Waals surface area contributed by atoms with Crippen LogP contribution in [0.2, 0.25) is 0 Å². The molecular formula is C34H46N3O12S-. The number of carbonyl (C=O) groups excluding carboxylic acids is 2. The van der Waals surface area contributed by atoms with E-state index in [1.54, 1.807) is 0 Å². The molecule has 0 aliphatic carbocycles. The molecule has 2 saturated heterocycles. The average molecular weight is 721 g/mol. The first-order valence-corrected chi connectivity index (χ1v) is 18.2. The smallest absolute Gasteiger partial charge is 0.407 e. The highest BCUT2D eigenvalue weighted by Crippen LogP contribution is 2.36. The van der Waals surface area contributed by atoms with E-state index in [2.05, 4.69) is 5.32 Å². The van der Waals surface area contributed by atoms with Gasteiger partial charge in [0.05, 0.1) is 42.8 Å². The number of hydrogen-bond acceptors (Lipinski definition) is 12. The number of hydrogen-bond donors (Lipinski definition) is 3. The van der Waals surface area contributed by atoms with E-state index in [9.17, 15) is 33.3 Å². The summed E-state index contributed by atoms with van der Waals surface area (Å²) in [5.41, 5.74) is 0.0972. The largest absolute Gasteiger partial charge is 0.530 e. The maximum absolute atomic E-state index is 14.3. The number of ether oxygens (including phenoxy) is 5. The molecule has 3 heterocycles. The standard InChI is InChI=1S/C34H47N3O12S/c1-34(2,12-6-13-36(14-15-38)33(41)42)21-37(50(43,44)24-9-10-28-29(18-24)48-22-47-28)19-27(39)26(17-23-7-4-3-5-8-23)35-32(40)49-30-20-46-31-25(30)11-16-45-31/h3-5,7-10,18,25-27,30-31,38-39H,6,11-17,19-22H2,1-2H3,(H,35,40)(H,41,42)/p-1/t25-,26-,27+,30-,31+/m0/s1. The molecule has 3 N–H and O–H groups in total. The third-order valence-corrected chi connectivity index (χ3v) is 11.0. The number of aliphatic hydroxyl groups excluding tert-OH is 2. The van der Waals surface area contributed by atoms with Gasteiger partial charge in [0.15, 0.2) is 17.8 Å². The Morgan fingerprint density at radius 3 is 2.60 bits per heavy atom. The Bertz CT molecular complexity index is 1560. The van der Waals surface area contributed by atoms with Crippen LogP contribution in [0.25, 0.3) is 0 Å². The number of carboxylic acid groups (broad SMARTS) is 1. The van der Waals surface area contributed by atoms with Crippen molar-refractivity contribution >= 4 is 22.2 Å². The number of aliphatic hydroxyl groups is 2.